The maximum atomic E-state index is 13.5. The van der Waals surface area contributed by atoms with Gasteiger partial charge in [0.05, 0.1) is 13.2 Å². The van der Waals surface area contributed by atoms with Gasteiger partial charge in [0, 0.05) is 39.5 Å². The largest absolute Gasteiger partial charge is 0.383 e. The lowest BCUT2D eigenvalue weighted by atomic mass is 10.1. The zero-order valence-electron chi connectivity index (χ0n) is 13.3. The number of benzene rings is 1. The lowest BCUT2D eigenvalue weighted by molar-refractivity contribution is 0.190. The molecule has 0 saturated carbocycles. The van der Waals surface area contributed by atoms with Gasteiger partial charge in [0.25, 0.3) is 0 Å². The van der Waals surface area contributed by atoms with E-state index in [2.05, 4.69) is 17.1 Å². The van der Waals surface area contributed by atoms with Crippen molar-refractivity contribution in [2.45, 2.75) is 19.9 Å². The fourth-order valence-electron chi connectivity index (χ4n) is 2.16. The Hall–Kier alpha value is -1.17. The van der Waals surface area contributed by atoms with Crippen LogP contribution in [0.1, 0.15) is 18.9 Å². The third-order valence-corrected chi connectivity index (χ3v) is 3.26. The first-order valence-electron chi connectivity index (χ1n) is 7.44. The molecule has 120 valence electrons. The highest BCUT2D eigenvalue weighted by molar-refractivity contribution is 5.54. The molecular formula is C16H27FN2O2. The predicted octanol–water partition coefficient (Wildman–Crippen LogP) is 2.42. The molecule has 0 atom stereocenters. The topological polar surface area (TPSA) is 33.7 Å². The number of halogens is 1. The molecule has 0 aliphatic rings. The Morgan fingerprint density at radius 1 is 1.14 bits per heavy atom. The summed E-state index contributed by atoms with van der Waals surface area (Å²) >= 11 is 0. The summed E-state index contributed by atoms with van der Waals surface area (Å²) < 4.78 is 23.9. The van der Waals surface area contributed by atoms with E-state index in [-0.39, 0.29) is 5.82 Å². The highest BCUT2D eigenvalue weighted by Gasteiger charge is 2.12. The molecule has 0 saturated heterocycles. The number of anilines is 1. The van der Waals surface area contributed by atoms with Gasteiger partial charge in [0.2, 0.25) is 0 Å². The van der Waals surface area contributed by atoms with E-state index in [1.165, 1.54) is 6.07 Å². The molecule has 1 aromatic carbocycles. The fraction of sp³-hybridized carbons (Fsp3) is 0.625. The van der Waals surface area contributed by atoms with Crippen molar-refractivity contribution in [2.24, 2.45) is 0 Å². The average molecular weight is 298 g/mol. The second-order valence-corrected chi connectivity index (χ2v) is 4.92. The van der Waals surface area contributed by atoms with Crippen LogP contribution in [-0.4, -0.2) is 47.1 Å². The van der Waals surface area contributed by atoms with E-state index < -0.39 is 0 Å². The lowest BCUT2D eigenvalue weighted by Gasteiger charge is -2.27. The van der Waals surface area contributed by atoms with Gasteiger partial charge in [0.1, 0.15) is 5.82 Å². The fourth-order valence-corrected chi connectivity index (χ4v) is 2.16. The summed E-state index contributed by atoms with van der Waals surface area (Å²) in [5.74, 6) is -0.203. The van der Waals surface area contributed by atoms with Gasteiger partial charge in [-0.15, -0.1) is 0 Å². The highest BCUT2D eigenvalue weighted by atomic mass is 19.1. The normalized spacial score (nSPS) is 10.9. The second-order valence-electron chi connectivity index (χ2n) is 4.92. The number of hydrogen-bond acceptors (Lipinski definition) is 4. The van der Waals surface area contributed by atoms with Crippen LogP contribution in [0.4, 0.5) is 10.1 Å². The minimum absolute atomic E-state index is 0.203. The molecule has 21 heavy (non-hydrogen) atoms. The molecule has 0 aliphatic carbocycles. The molecule has 5 heteroatoms. The predicted molar refractivity (Wildman–Crippen MR) is 84.4 cm³/mol. The Balaban J connectivity index is 2.87. The van der Waals surface area contributed by atoms with Crippen molar-refractivity contribution in [3.05, 3.63) is 29.6 Å². The lowest BCUT2D eigenvalue weighted by Crippen LogP contribution is -2.32. The zero-order chi connectivity index (χ0) is 15.5. The van der Waals surface area contributed by atoms with Crippen molar-refractivity contribution >= 4 is 5.69 Å². The highest BCUT2D eigenvalue weighted by Crippen LogP contribution is 2.21. The van der Waals surface area contributed by atoms with Gasteiger partial charge in [0.15, 0.2) is 0 Å². The minimum atomic E-state index is -0.203. The molecular weight excluding hydrogens is 271 g/mol. The van der Waals surface area contributed by atoms with Crippen LogP contribution in [0.3, 0.4) is 0 Å². The summed E-state index contributed by atoms with van der Waals surface area (Å²) in [5, 5.41) is 3.33. The Labute approximate surface area is 127 Å². The Bertz CT molecular complexity index is 394. The molecule has 0 amide bonds. The summed E-state index contributed by atoms with van der Waals surface area (Å²) in [6, 6.07) is 4.94. The van der Waals surface area contributed by atoms with Crippen molar-refractivity contribution in [1.82, 2.24) is 5.32 Å². The standard InChI is InChI=1S/C16H27FN2O2/c1-4-7-18-13-14-12-15(17)5-6-16(14)19(8-10-20-2)9-11-21-3/h5-6,12,18H,4,7-11,13H2,1-3H3. The van der Waals surface area contributed by atoms with E-state index in [1.807, 2.05) is 6.07 Å². The first-order valence-corrected chi connectivity index (χ1v) is 7.44. The van der Waals surface area contributed by atoms with E-state index in [0.717, 1.165) is 37.3 Å². The number of ether oxygens (including phenoxy) is 2. The van der Waals surface area contributed by atoms with Gasteiger partial charge in [-0.3, -0.25) is 0 Å². The summed E-state index contributed by atoms with van der Waals surface area (Å²) in [6.45, 7) is 6.47. The van der Waals surface area contributed by atoms with Crippen LogP contribution in [-0.2, 0) is 16.0 Å². The van der Waals surface area contributed by atoms with Crippen LogP contribution in [0, 0.1) is 5.82 Å². The molecule has 4 nitrogen and oxygen atoms in total. The summed E-state index contributed by atoms with van der Waals surface area (Å²) in [5.41, 5.74) is 2.00. The van der Waals surface area contributed by atoms with E-state index >= 15 is 0 Å². The van der Waals surface area contributed by atoms with E-state index in [4.69, 9.17) is 9.47 Å². The van der Waals surface area contributed by atoms with Gasteiger partial charge in [-0.2, -0.15) is 0 Å². The first-order chi connectivity index (χ1) is 10.2. The number of hydrogen-bond donors (Lipinski definition) is 1. The molecule has 0 bridgehead atoms. The van der Waals surface area contributed by atoms with Gasteiger partial charge in [-0.05, 0) is 36.7 Å². The summed E-state index contributed by atoms with van der Waals surface area (Å²) in [4.78, 5) is 2.18. The Morgan fingerprint density at radius 3 is 2.38 bits per heavy atom. The van der Waals surface area contributed by atoms with Crippen LogP contribution in [0.5, 0.6) is 0 Å². The monoisotopic (exact) mass is 298 g/mol. The van der Waals surface area contributed by atoms with Crippen molar-refractivity contribution in [1.29, 1.82) is 0 Å². The molecule has 0 aromatic heterocycles. The number of nitrogens with one attached hydrogen (secondary N) is 1. The number of rotatable bonds is 11. The van der Waals surface area contributed by atoms with E-state index in [0.29, 0.717) is 19.8 Å². The first kappa shape index (κ1) is 17.9. The Kier molecular flexibility index (Phi) is 8.98. The molecule has 0 fully saturated rings. The number of nitrogens with zero attached hydrogens (tertiary/aromatic N) is 1. The van der Waals surface area contributed by atoms with Crippen molar-refractivity contribution in [3.63, 3.8) is 0 Å². The van der Waals surface area contributed by atoms with Crippen LogP contribution in [0.25, 0.3) is 0 Å². The summed E-state index contributed by atoms with van der Waals surface area (Å²) in [6.07, 6.45) is 1.06. The van der Waals surface area contributed by atoms with Crippen LogP contribution < -0.4 is 10.2 Å². The number of methoxy groups -OCH3 is 2. The van der Waals surface area contributed by atoms with Crippen molar-refractivity contribution in [2.75, 3.05) is 52.0 Å². The van der Waals surface area contributed by atoms with Crippen molar-refractivity contribution in [3.8, 4) is 0 Å². The molecule has 1 rings (SSSR count). The average Bonchev–Trinajstić information content (AvgIpc) is 2.49. The summed E-state index contributed by atoms with van der Waals surface area (Å²) in [7, 11) is 3.37. The van der Waals surface area contributed by atoms with Gasteiger partial charge in [-0.25, -0.2) is 4.39 Å². The van der Waals surface area contributed by atoms with Gasteiger partial charge in [-0.1, -0.05) is 6.92 Å². The zero-order valence-corrected chi connectivity index (χ0v) is 13.3. The molecule has 0 aliphatic heterocycles. The molecule has 0 radical (unpaired) electrons. The van der Waals surface area contributed by atoms with Crippen LogP contribution >= 0.6 is 0 Å². The molecule has 0 unspecified atom stereocenters. The Morgan fingerprint density at radius 2 is 1.81 bits per heavy atom. The minimum Gasteiger partial charge on any atom is -0.383 e. The molecule has 0 heterocycles. The quantitative estimate of drug-likeness (QED) is 0.636. The van der Waals surface area contributed by atoms with Crippen molar-refractivity contribution < 1.29 is 13.9 Å². The molecule has 0 spiro atoms. The maximum absolute atomic E-state index is 13.5. The second kappa shape index (κ2) is 10.5. The smallest absolute Gasteiger partial charge is 0.123 e. The third-order valence-electron chi connectivity index (χ3n) is 3.26. The molecule has 1 N–H and O–H groups in total. The van der Waals surface area contributed by atoms with Crippen LogP contribution in [0.15, 0.2) is 18.2 Å². The van der Waals surface area contributed by atoms with E-state index in [9.17, 15) is 4.39 Å². The molecule has 1 aromatic rings. The van der Waals surface area contributed by atoms with E-state index in [1.54, 1.807) is 20.3 Å². The van der Waals surface area contributed by atoms with Gasteiger partial charge < -0.3 is 19.7 Å². The van der Waals surface area contributed by atoms with Gasteiger partial charge >= 0.3 is 0 Å². The third kappa shape index (κ3) is 6.42. The maximum Gasteiger partial charge on any atom is 0.123 e. The SMILES string of the molecule is CCCNCc1cc(F)ccc1N(CCOC)CCOC. The van der Waals surface area contributed by atoms with Crippen LogP contribution in [0.2, 0.25) is 0 Å².